The van der Waals surface area contributed by atoms with Gasteiger partial charge in [-0.25, -0.2) is 8.78 Å². The van der Waals surface area contributed by atoms with Crippen molar-refractivity contribution in [3.8, 4) is 0 Å². The van der Waals surface area contributed by atoms with Crippen molar-refractivity contribution in [1.29, 1.82) is 0 Å². The first-order valence-electron chi connectivity index (χ1n) is 6.47. The van der Waals surface area contributed by atoms with Crippen LogP contribution in [0.5, 0.6) is 0 Å². The molecule has 0 bridgehead atoms. The first-order valence-corrected chi connectivity index (χ1v) is 7.28. The van der Waals surface area contributed by atoms with Gasteiger partial charge in [-0.1, -0.05) is 0 Å². The van der Waals surface area contributed by atoms with E-state index < -0.39 is 35.1 Å². The molecule has 0 aliphatic rings. The third kappa shape index (κ3) is 2.84. The van der Waals surface area contributed by atoms with Crippen LogP contribution in [0.15, 0.2) is 24.3 Å². The van der Waals surface area contributed by atoms with E-state index in [9.17, 15) is 26.7 Å². The molecule has 1 N–H and O–H groups in total. The molecule has 0 aliphatic heterocycles. The molecule has 1 aromatic carbocycles. The van der Waals surface area contributed by atoms with Gasteiger partial charge >= 0.3 is 6.18 Å². The minimum atomic E-state index is -4.66. The van der Waals surface area contributed by atoms with Crippen molar-refractivity contribution in [3.63, 3.8) is 0 Å². The standard InChI is InChI=1S/C14H8F5N3OS/c1-22-13-7(11(21-22)14(17,18)19)5-10(24-13)12(23)20-9-4-6(15)2-3-8(9)16/h2-5H,1H3,(H,20,23). The molecular formula is C14H8F5N3OS. The number of amides is 1. The number of benzene rings is 1. The Morgan fingerprint density at radius 2 is 1.96 bits per heavy atom. The first kappa shape index (κ1) is 16.4. The van der Waals surface area contributed by atoms with Gasteiger partial charge in [-0.15, -0.1) is 11.3 Å². The Balaban J connectivity index is 1.98. The summed E-state index contributed by atoms with van der Waals surface area (Å²) >= 11 is 0.770. The van der Waals surface area contributed by atoms with E-state index in [0.29, 0.717) is 0 Å². The van der Waals surface area contributed by atoms with Crippen LogP contribution in [0.4, 0.5) is 27.6 Å². The number of fused-ring (bicyclic) bond motifs is 1. The van der Waals surface area contributed by atoms with Gasteiger partial charge in [-0.05, 0) is 18.2 Å². The van der Waals surface area contributed by atoms with Crippen molar-refractivity contribution in [2.75, 3.05) is 5.32 Å². The second-order valence-electron chi connectivity index (χ2n) is 4.88. The molecule has 2 aromatic heterocycles. The van der Waals surface area contributed by atoms with E-state index in [4.69, 9.17) is 0 Å². The second kappa shape index (κ2) is 5.55. The molecule has 3 aromatic rings. The minimum absolute atomic E-state index is 0.0767. The lowest BCUT2D eigenvalue weighted by Gasteiger charge is -2.05. The predicted octanol–water partition coefficient (Wildman–Crippen LogP) is 4.18. The van der Waals surface area contributed by atoms with Crippen LogP contribution in [0.3, 0.4) is 0 Å². The Kier molecular flexibility index (Phi) is 3.78. The van der Waals surface area contributed by atoms with Crippen molar-refractivity contribution >= 4 is 33.1 Å². The first-order chi connectivity index (χ1) is 11.2. The number of nitrogens with one attached hydrogen (secondary N) is 1. The fourth-order valence-electron chi connectivity index (χ4n) is 2.14. The predicted molar refractivity (Wildman–Crippen MR) is 77.9 cm³/mol. The monoisotopic (exact) mass is 361 g/mol. The van der Waals surface area contributed by atoms with Gasteiger partial charge in [0, 0.05) is 18.5 Å². The highest BCUT2D eigenvalue weighted by atomic mass is 32.1. The highest BCUT2D eigenvalue weighted by Gasteiger charge is 2.37. The Morgan fingerprint density at radius 3 is 2.62 bits per heavy atom. The fourth-order valence-corrected chi connectivity index (χ4v) is 3.11. The molecule has 0 spiro atoms. The quantitative estimate of drug-likeness (QED) is 0.696. The fraction of sp³-hybridized carbons (Fsp3) is 0.143. The Labute approximate surface area is 135 Å². The van der Waals surface area contributed by atoms with Crippen molar-refractivity contribution in [2.24, 2.45) is 7.05 Å². The number of hydrogen-bond donors (Lipinski definition) is 1. The van der Waals surface area contributed by atoms with Gasteiger partial charge in [0.1, 0.15) is 16.5 Å². The Bertz CT molecular complexity index is 944. The number of aromatic nitrogens is 2. The van der Waals surface area contributed by atoms with E-state index in [0.717, 1.165) is 40.3 Å². The van der Waals surface area contributed by atoms with Gasteiger partial charge in [0.15, 0.2) is 5.69 Å². The van der Waals surface area contributed by atoms with Crippen LogP contribution in [-0.4, -0.2) is 15.7 Å². The van der Waals surface area contributed by atoms with Crippen LogP contribution in [0, 0.1) is 11.6 Å². The maximum atomic E-state index is 13.5. The molecule has 0 saturated carbocycles. The Hall–Kier alpha value is -2.49. The lowest BCUT2D eigenvalue weighted by molar-refractivity contribution is -0.140. The number of alkyl halides is 3. The van der Waals surface area contributed by atoms with Gasteiger partial charge in [0.25, 0.3) is 5.91 Å². The van der Waals surface area contributed by atoms with Crippen LogP contribution in [0.2, 0.25) is 0 Å². The summed E-state index contributed by atoms with van der Waals surface area (Å²) in [4.78, 5) is 12.2. The van der Waals surface area contributed by atoms with E-state index in [1.54, 1.807) is 0 Å². The average molecular weight is 361 g/mol. The van der Waals surface area contributed by atoms with Gasteiger partial charge in [0.2, 0.25) is 0 Å². The summed E-state index contributed by atoms with van der Waals surface area (Å²) in [5, 5.41) is 5.31. The van der Waals surface area contributed by atoms with Crippen LogP contribution < -0.4 is 5.32 Å². The number of thiophene rings is 1. The molecular weight excluding hydrogens is 353 g/mol. The summed E-state index contributed by atoms with van der Waals surface area (Å²) in [7, 11) is 1.32. The number of rotatable bonds is 2. The van der Waals surface area contributed by atoms with Crippen LogP contribution >= 0.6 is 11.3 Å². The van der Waals surface area contributed by atoms with E-state index in [2.05, 4.69) is 10.4 Å². The number of carbonyl (C=O) groups excluding carboxylic acids is 1. The third-order valence-corrected chi connectivity index (χ3v) is 4.38. The highest BCUT2D eigenvalue weighted by molar-refractivity contribution is 7.20. The third-order valence-electron chi connectivity index (χ3n) is 3.18. The second-order valence-corrected chi connectivity index (χ2v) is 5.91. The topological polar surface area (TPSA) is 46.9 Å². The van der Waals surface area contributed by atoms with E-state index in [1.165, 1.54) is 7.05 Å². The van der Waals surface area contributed by atoms with Gasteiger partial charge in [-0.2, -0.15) is 18.3 Å². The molecule has 10 heteroatoms. The van der Waals surface area contributed by atoms with E-state index in [-0.39, 0.29) is 15.1 Å². The Morgan fingerprint density at radius 1 is 1.25 bits per heavy atom. The largest absolute Gasteiger partial charge is 0.435 e. The summed E-state index contributed by atoms with van der Waals surface area (Å²) in [5.41, 5.74) is -1.50. The molecule has 1 amide bonds. The molecule has 0 atom stereocenters. The lowest BCUT2D eigenvalue weighted by Crippen LogP contribution is -2.12. The normalized spacial score (nSPS) is 11.9. The molecule has 126 valence electrons. The number of hydrogen-bond acceptors (Lipinski definition) is 3. The lowest BCUT2D eigenvalue weighted by atomic mass is 10.2. The van der Waals surface area contributed by atoms with Gasteiger partial charge in [-0.3, -0.25) is 9.48 Å². The smallest absolute Gasteiger partial charge is 0.319 e. The van der Waals surface area contributed by atoms with Crippen molar-refractivity contribution < 1.29 is 26.7 Å². The highest BCUT2D eigenvalue weighted by Crippen LogP contribution is 2.37. The molecule has 2 heterocycles. The zero-order chi connectivity index (χ0) is 17.6. The zero-order valence-electron chi connectivity index (χ0n) is 11.9. The molecule has 0 fully saturated rings. The van der Waals surface area contributed by atoms with Gasteiger partial charge in [0.05, 0.1) is 10.6 Å². The average Bonchev–Trinajstić information content (AvgIpc) is 3.03. The van der Waals surface area contributed by atoms with Crippen molar-refractivity contribution in [2.45, 2.75) is 6.18 Å². The molecule has 0 radical (unpaired) electrons. The number of halogens is 5. The zero-order valence-corrected chi connectivity index (χ0v) is 12.7. The van der Waals surface area contributed by atoms with Crippen LogP contribution in [0.1, 0.15) is 15.4 Å². The molecule has 0 unspecified atom stereocenters. The van der Waals surface area contributed by atoms with Crippen molar-refractivity contribution in [1.82, 2.24) is 9.78 Å². The molecule has 0 aliphatic carbocycles. The van der Waals surface area contributed by atoms with E-state index in [1.807, 2.05) is 0 Å². The molecule has 3 rings (SSSR count). The van der Waals surface area contributed by atoms with E-state index >= 15 is 0 Å². The summed E-state index contributed by atoms with van der Waals surface area (Å²) in [6.45, 7) is 0. The summed E-state index contributed by atoms with van der Waals surface area (Å²) in [5.74, 6) is -2.45. The molecule has 24 heavy (non-hydrogen) atoms. The summed E-state index contributed by atoms with van der Waals surface area (Å²) < 4.78 is 66.4. The van der Waals surface area contributed by atoms with Crippen molar-refractivity contribution in [3.05, 3.63) is 46.5 Å². The number of anilines is 1. The maximum absolute atomic E-state index is 13.5. The summed E-state index contributed by atoms with van der Waals surface area (Å²) in [6.07, 6.45) is -4.66. The summed E-state index contributed by atoms with van der Waals surface area (Å²) in [6, 6.07) is 3.53. The number of carbonyl (C=O) groups is 1. The maximum Gasteiger partial charge on any atom is 0.435 e. The van der Waals surface area contributed by atoms with Crippen LogP contribution in [0.25, 0.3) is 10.2 Å². The van der Waals surface area contributed by atoms with Gasteiger partial charge < -0.3 is 5.32 Å². The SMILES string of the molecule is Cn1nc(C(F)(F)F)c2cc(C(=O)Nc3cc(F)ccc3F)sc21. The minimum Gasteiger partial charge on any atom is -0.319 e. The number of nitrogens with zero attached hydrogens (tertiary/aromatic N) is 2. The molecule has 0 saturated heterocycles. The number of aryl methyl sites for hydroxylation is 1. The molecule has 4 nitrogen and oxygen atoms in total. The van der Waals surface area contributed by atoms with Crippen LogP contribution in [-0.2, 0) is 13.2 Å².